The first-order valence-corrected chi connectivity index (χ1v) is 41.1. The Morgan fingerprint density at radius 2 is 1.04 bits per heavy atom. The van der Waals surface area contributed by atoms with E-state index in [2.05, 4.69) is 114 Å². The second-order valence-corrected chi connectivity index (χ2v) is 17.3. The van der Waals surface area contributed by atoms with Crippen LogP contribution in [-0.4, -0.2) is 84.7 Å². The predicted molar refractivity (Wildman–Crippen MR) is 452 cm³/mol. The number of aromatic nitrogens is 9. The highest BCUT2D eigenvalue weighted by Crippen LogP contribution is 2.15. The van der Waals surface area contributed by atoms with Gasteiger partial charge in [0.05, 0.1) is 61.6 Å². The van der Waals surface area contributed by atoms with Crippen LogP contribution in [0, 0.1) is 0 Å². The number of hydrogen-bond acceptors (Lipinski definition) is 19. The molecule has 0 bridgehead atoms. The standard InChI is InChI=1S/C6H12.C5H8.C5H6.C4H7NO.C4H4O2S.C4H6O.3C3H4N2.C3H3NO2.C3H3NO.C3H3NS.C3H4O2.C2H2N2S.14C2H6/c1-2-4-6-5-3-1;2*1-2-4-5-3-1;6-4-2-1-3-5-4;5-7(6)3-1-2-4-7;1-2-4-5-3-1;1-2-5-3-4-1;2*1-2-4-5-3-1;5-3-4-1-2-6-3;3*1-2-5-3-4-1;1-2-4-5-3-1;14*1-2/h1-6H2;1-2H,3-5H2;1-4H,5H2;1-3H2,(H,5,6);1-4H;1,3H,2,4H2;1-3H,(H,4,5);1-2H,3H2;1-3H,(H,4,5);1-2H,(H,4,5);2*1-3H;1-2H,3H2;1-2H;14*1-2H3. The molecule has 3 aliphatic carbocycles. The Labute approximate surface area is 639 Å². The van der Waals surface area contributed by atoms with Crippen molar-refractivity contribution in [3.8, 4) is 0 Å². The van der Waals surface area contributed by atoms with Gasteiger partial charge >= 0.3 is 5.76 Å². The predicted octanol–water partition coefficient (Wildman–Crippen LogP) is 25.8. The Kier molecular flexibility index (Phi) is 195. The normalized spacial score (nSPS) is 12.0. The molecule has 24 heteroatoms. The minimum atomic E-state index is -2.91. The maximum atomic E-state index is 10.3. The summed E-state index contributed by atoms with van der Waals surface area (Å²) in [6, 6.07) is 1.83. The Morgan fingerprint density at radius 1 is 0.495 bits per heavy atom. The highest BCUT2D eigenvalue weighted by atomic mass is 32.2. The number of oxazole rings is 2. The van der Waals surface area contributed by atoms with E-state index in [0.717, 1.165) is 56.2 Å². The summed E-state index contributed by atoms with van der Waals surface area (Å²) in [6.45, 7) is 58.9. The second kappa shape index (κ2) is 157. The summed E-state index contributed by atoms with van der Waals surface area (Å²) in [5.74, 6) is -0.204. The molecule has 0 aromatic carbocycles. The van der Waals surface area contributed by atoms with Gasteiger partial charge in [0.1, 0.15) is 25.1 Å². The SMILES string of the molecule is C1=CCC=C1.C1=CCCC1.C1=CN=NC1.C1=COCC1.C1=COCO1.C1CCCCC1.CC.CC.CC.CC.CC.CC.CC.CC.CC.CC.CC.CC.CC.CC.O=C1CCCN1.O=S1(=O)C=CC=C1.O=c1[nH]cco1.c1c[nH]cn1.c1cn[nH]c1.c1cnsn1.c1cocn1.c1cscn1. The number of H-pyrrole nitrogens is 3. The monoisotopic (exact) mass is 1510 g/mol. The first-order valence-electron chi connectivity index (χ1n) is 37.8. The largest absolute Gasteiger partial charge is 0.501 e. The van der Waals surface area contributed by atoms with Crippen molar-refractivity contribution in [3.05, 3.63) is 205 Å². The van der Waals surface area contributed by atoms with Gasteiger partial charge in [0.2, 0.25) is 12.7 Å². The van der Waals surface area contributed by atoms with Crippen molar-refractivity contribution in [2.75, 3.05) is 26.5 Å². The van der Waals surface area contributed by atoms with Gasteiger partial charge in [-0.1, -0.05) is 269 Å². The van der Waals surface area contributed by atoms with Crippen LogP contribution >= 0.6 is 23.1 Å². The molecule has 0 atom stereocenters. The molecule has 6 aromatic heterocycles. The quantitative estimate of drug-likeness (QED) is 0.103. The van der Waals surface area contributed by atoms with Gasteiger partial charge in [0.15, 0.2) is 16.2 Å². The van der Waals surface area contributed by atoms with E-state index in [1.807, 2.05) is 217 Å². The third-order valence-electron chi connectivity index (χ3n) is 8.27. The highest BCUT2D eigenvalue weighted by Gasteiger charge is 2.05. The summed E-state index contributed by atoms with van der Waals surface area (Å²) in [5.41, 5.74) is 1.79. The number of amides is 1. The number of nitrogens with zero attached hydrogens (tertiary/aromatic N) is 8. The van der Waals surface area contributed by atoms with Crippen molar-refractivity contribution in [2.45, 2.75) is 277 Å². The lowest BCUT2D eigenvalue weighted by atomic mass is 10.0. The number of carbonyl (C=O) groups is 1. The Morgan fingerprint density at radius 3 is 1.17 bits per heavy atom. The Balaban J connectivity index is -0.0000000673. The van der Waals surface area contributed by atoms with Crippen LogP contribution in [0.15, 0.2) is 218 Å². The zero-order valence-electron chi connectivity index (χ0n) is 70.0. The van der Waals surface area contributed by atoms with Crippen molar-refractivity contribution in [3.63, 3.8) is 0 Å². The average molecular weight is 1510 g/mol. The van der Waals surface area contributed by atoms with E-state index in [4.69, 9.17) is 4.74 Å². The van der Waals surface area contributed by atoms with Crippen LogP contribution in [0.2, 0.25) is 0 Å². The minimum absolute atomic E-state index is 0.204. The first kappa shape index (κ1) is 128. The van der Waals surface area contributed by atoms with Crippen LogP contribution in [0.4, 0.5) is 0 Å². The lowest BCUT2D eigenvalue weighted by Crippen LogP contribution is -2.12. The zero-order valence-corrected chi connectivity index (χ0v) is 72.4. The summed E-state index contributed by atoms with van der Waals surface area (Å²) in [7, 11) is -2.91. The summed E-state index contributed by atoms with van der Waals surface area (Å²) in [4.78, 5) is 36.0. The number of imidazole rings is 1. The van der Waals surface area contributed by atoms with Crippen LogP contribution < -0.4 is 11.1 Å². The molecular weight excluding hydrogens is 1360 g/mol. The molecule has 0 unspecified atom stereocenters. The van der Waals surface area contributed by atoms with Gasteiger partial charge in [-0.3, -0.25) is 19.9 Å². The fourth-order valence-corrected chi connectivity index (χ4v) is 6.22. The molecule has 4 N–H and O–H groups in total. The number of hydrogen-bond donors (Lipinski definition) is 4. The average Bonchev–Trinajstić information content (AvgIpc) is 1.85. The van der Waals surface area contributed by atoms with E-state index >= 15 is 0 Å². The molecule has 14 rings (SSSR count). The molecule has 6 aromatic rings. The first-order chi connectivity index (χ1) is 51.0. The van der Waals surface area contributed by atoms with Gasteiger partial charge in [-0.2, -0.15) is 24.1 Å². The molecule has 2 fully saturated rings. The van der Waals surface area contributed by atoms with Crippen molar-refractivity contribution in [1.29, 1.82) is 0 Å². The summed E-state index contributed by atoms with van der Waals surface area (Å²) >= 11 is 2.81. The Bertz CT molecular complexity index is 2080. The van der Waals surface area contributed by atoms with Crippen LogP contribution in [0.1, 0.15) is 277 Å². The number of azo groups is 1. The van der Waals surface area contributed by atoms with Crippen LogP contribution in [0.3, 0.4) is 0 Å². The maximum Gasteiger partial charge on any atom is 0.416 e. The number of aromatic amines is 3. The van der Waals surface area contributed by atoms with Crippen LogP contribution in [0.5, 0.6) is 0 Å². The zero-order chi connectivity index (χ0) is 81.7. The van der Waals surface area contributed by atoms with Crippen molar-refractivity contribution < 1.29 is 36.3 Å². The summed E-state index contributed by atoms with van der Waals surface area (Å²) in [5, 5.41) is 20.3. The van der Waals surface area contributed by atoms with E-state index in [9.17, 15) is 18.0 Å². The van der Waals surface area contributed by atoms with Crippen molar-refractivity contribution in [2.24, 2.45) is 10.2 Å². The third-order valence-corrected chi connectivity index (χ3v) is 10.3. The van der Waals surface area contributed by atoms with Crippen LogP contribution in [-0.2, 0) is 28.8 Å². The third kappa shape index (κ3) is 158. The van der Waals surface area contributed by atoms with E-state index in [1.165, 1.54) is 119 Å². The van der Waals surface area contributed by atoms with E-state index in [-0.39, 0.29) is 5.91 Å². The molecule has 0 radical (unpaired) electrons. The van der Waals surface area contributed by atoms with Gasteiger partial charge in [-0.25, -0.2) is 23.2 Å². The van der Waals surface area contributed by atoms with Gasteiger partial charge < -0.3 is 33.3 Å². The molecule has 602 valence electrons. The number of rotatable bonds is 0. The van der Waals surface area contributed by atoms with Gasteiger partial charge in [-0.05, 0) is 62.5 Å². The van der Waals surface area contributed by atoms with Crippen molar-refractivity contribution >= 4 is 38.8 Å². The maximum absolute atomic E-state index is 10.3. The van der Waals surface area contributed by atoms with E-state index in [1.54, 1.807) is 85.2 Å². The number of carbonyl (C=O) groups excluding carboxylic acids is 1. The fourth-order valence-electron chi connectivity index (χ4n) is 4.89. The van der Waals surface area contributed by atoms with Gasteiger partial charge in [-0.15, -0.1) is 11.3 Å². The highest BCUT2D eigenvalue weighted by molar-refractivity contribution is 7.97. The molecule has 1 saturated heterocycles. The summed E-state index contributed by atoms with van der Waals surface area (Å²) < 4.78 is 50.4. The van der Waals surface area contributed by atoms with E-state index < -0.39 is 15.6 Å². The van der Waals surface area contributed by atoms with Gasteiger partial charge in [0.25, 0.3) is 0 Å². The topological polar surface area (TPSA) is 284 Å². The Hall–Kier alpha value is -7.83. The lowest BCUT2D eigenvalue weighted by molar-refractivity contribution is -0.119. The fraction of sp³-hybridized carbons (Fsp3) is 0.570. The minimum Gasteiger partial charge on any atom is -0.501 e. The number of thiazole rings is 1. The molecule has 5 aliphatic heterocycles. The molecule has 0 spiro atoms. The lowest BCUT2D eigenvalue weighted by Gasteiger charge is -2.05. The number of allylic oxidation sites excluding steroid dienone is 8. The molecule has 8 aliphatic rings. The molecule has 1 saturated carbocycles. The molecule has 103 heavy (non-hydrogen) atoms. The van der Waals surface area contributed by atoms with Crippen molar-refractivity contribution in [1.82, 2.24) is 49.2 Å². The second-order valence-electron chi connectivity index (χ2n) is 14.2. The molecular formula is C79H154N12O9S3. The van der Waals surface area contributed by atoms with Gasteiger partial charge in [0, 0.05) is 79.0 Å². The van der Waals surface area contributed by atoms with Crippen LogP contribution in [0.25, 0.3) is 0 Å². The smallest absolute Gasteiger partial charge is 0.416 e. The molecule has 21 nitrogen and oxygen atoms in total. The number of sulfone groups is 1. The van der Waals surface area contributed by atoms with E-state index in [0.29, 0.717) is 6.79 Å². The molecule has 1 amide bonds. The molecule has 11 heterocycles. The number of ether oxygens (including phenoxy) is 3. The number of nitrogens with one attached hydrogen (secondary N) is 4. The summed E-state index contributed by atoms with van der Waals surface area (Å²) in [6.07, 6.45) is 64.0.